The van der Waals surface area contributed by atoms with E-state index in [2.05, 4.69) is 0 Å². The standard InChI is InChI=1S/C10H10N2O3/c11-8-4-6(1-2-9(12)13)3-7(5-8)10(14)15/h1-5H,11H2,(H2,12,13)(H,14,15). The van der Waals surface area contributed by atoms with Crippen LogP contribution in [0.2, 0.25) is 0 Å². The van der Waals surface area contributed by atoms with E-state index < -0.39 is 11.9 Å². The number of nitrogens with two attached hydrogens (primary N) is 2. The molecule has 1 rings (SSSR count). The van der Waals surface area contributed by atoms with E-state index in [4.69, 9.17) is 16.6 Å². The monoisotopic (exact) mass is 206 g/mol. The van der Waals surface area contributed by atoms with Crippen LogP contribution in [0.15, 0.2) is 24.3 Å². The van der Waals surface area contributed by atoms with Gasteiger partial charge < -0.3 is 16.6 Å². The molecule has 0 bridgehead atoms. The Balaban J connectivity index is 3.09. The third kappa shape index (κ3) is 3.15. The number of carboxylic acids is 1. The fourth-order valence-electron chi connectivity index (χ4n) is 1.07. The molecule has 0 radical (unpaired) electrons. The Labute approximate surface area is 86.0 Å². The summed E-state index contributed by atoms with van der Waals surface area (Å²) in [5.74, 6) is -1.68. The van der Waals surface area contributed by atoms with Gasteiger partial charge in [0.15, 0.2) is 0 Å². The molecule has 5 heteroatoms. The predicted octanol–water partition coefficient (Wildman–Crippen LogP) is 0.466. The number of hydrogen-bond acceptors (Lipinski definition) is 3. The molecule has 1 aromatic rings. The predicted molar refractivity (Wildman–Crippen MR) is 56.0 cm³/mol. The molecule has 5 N–H and O–H groups in total. The Morgan fingerprint density at radius 3 is 2.47 bits per heavy atom. The third-order valence-corrected chi connectivity index (χ3v) is 1.66. The van der Waals surface area contributed by atoms with Crippen molar-refractivity contribution >= 4 is 23.6 Å². The summed E-state index contributed by atoms with van der Waals surface area (Å²) in [7, 11) is 0. The second-order valence-corrected chi connectivity index (χ2v) is 2.93. The first kappa shape index (κ1) is 10.8. The Morgan fingerprint density at radius 1 is 1.27 bits per heavy atom. The molecule has 0 heterocycles. The number of benzene rings is 1. The largest absolute Gasteiger partial charge is 0.478 e. The minimum atomic E-state index is -1.07. The first-order valence-corrected chi connectivity index (χ1v) is 4.10. The highest BCUT2D eigenvalue weighted by molar-refractivity contribution is 5.92. The van der Waals surface area contributed by atoms with Crippen molar-refractivity contribution in [2.75, 3.05) is 5.73 Å². The topological polar surface area (TPSA) is 106 Å². The quantitative estimate of drug-likeness (QED) is 0.493. The van der Waals surface area contributed by atoms with Crippen molar-refractivity contribution in [2.24, 2.45) is 5.73 Å². The molecule has 1 amide bonds. The summed E-state index contributed by atoms with van der Waals surface area (Å²) in [6.45, 7) is 0. The lowest BCUT2D eigenvalue weighted by atomic mass is 10.1. The van der Waals surface area contributed by atoms with Gasteiger partial charge in [0.1, 0.15) is 0 Å². The molecule has 15 heavy (non-hydrogen) atoms. The van der Waals surface area contributed by atoms with Crippen molar-refractivity contribution in [1.29, 1.82) is 0 Å². The van der Waals surface area contributed by atoms with Crippen molar-refractivity contribution in [2.45, 2.75) is 0 Å². The summed E-state index contributed by atoms with van der Waals surface area (Å²) < 4.78 is 0. The molecule has 0 aliphatic carbocycles. The van der Waals surface area contributed by atoms with Gasteiger partial charge in [-0.1, -0.05) is 0 Å². The lowest BCUT2D eigenvalue weighted by Gasteiger charge is -2.00. The summed E-state index contributed by atoms with van der Waals surface area (Å²) in [5.41, 5.74) is 11.3. The highest BCUT2D eigenvalue weighted by Gasteiger charge is 2.04. The fraction of sp³-hybridized carbons (Fsp3) is 0. The van der Waals surface area contributed by atoms with Gasteiger partial charge in [-0.15, -0.1) is 0 Å². The number of primary amides is 1. The molecule has 0 aliphatic heterocycles. The van der Waals surface area contributed by atoms with Crippen molar-refractivity contribution in [1.82, 2.24) is 0 Å². The molecular formula is C10H10N2O3. The molecule has 78 valence electrons. The van der Waals surface area contributed by atoms with Crippen LogP contribution in [-0.4, -0.2) is 17.0 Å². The van der Waals surface area contributed by atoms with Gasteiger partial charge in [0.05, 0.1) is 5.56 Å². The van der Waals surface area contributed by atoms with E-state index in [9.17, 15) is 9.59 Å². The van der Waals surface area contributed by atoms with Crippen LogP contribution in [0.25, 0.3) is 6.08 Å². The van der Waals surface area contributed by atoms with Gasteiger partial charge >= 0.3 is 5.97 Å². The molecule has 5 nitrogen and oxygen atoms in total. The van der Waals surface area contributed by atoms with Crippen LogP contribution in [0.1, 0.15) is 15.9 Å². The Hall–Kier alpha value is -2.30. The molecule has 0 aromatic heterocycles. The second kappa shape index (κ2) is 4.28. The first-order chi connectivity index (χ1) is 6.99. The molecule has 0 fully saturated rings. The van der Waals surface area contributed by atoms with E-state index in [0.717, 1.165) is 6.08 Å². The maximum Gasteiger partial charge on any atom is 0.335 e. The second-order valence-electron chi connectivity index (χ2n) is 2.93. The van der Waals surface area contributed by atoms with E-state index in [1.807, 2.05) is 0 Å². The van der Waals surface area contributed by atoms with Crippen LogP contribution in [-0.2, 0) is 4.79 Å². The van der Waals surface area contributed by atoms with Crippen LogP contribution >= 0.6 is 0 Å². The number of hydrogen-bond donors (Lipinski definition) is 3. The van der Waals surface area contributed by atoms with Gasteiger partial charge in [-0.3, -0.25) is 4.79 Å². The Morgan fingerprint density at radius 2 is 1.93 bits per heavy atom. The number of anilines is 1. The summed E-state index contributed by atoms with van der Waals surface area (Å²) in [5, 5.41) is 8.74. The molecule has 0 unspecified atom stereocenters. The van der Waals surface area contributed by atoms with Gasteiger partial charge in [-0.25, -0.2) is 4.79 Å². The third-order valence-electron chi connectivity index (χ3n) is 1.66. The van der Waals surface area contributed by atoms with Gasteiger partial charge in [0.25, 0.3) is 0 Å². The van der Waals surface area contributed by atoms with Crippen molar-refractivity contribution in [3.63, 3.8) is 0 Å². The summed E-state index contributed by atoms with van der Waals surface area (Å²) in [6.07, 6.45) is 2.55. The molecule has 0 saturated carbocycles. The maximum atomic E-state index is 10.7. The average Bonchev–Trinajstić information content (AvgIpc) is 2.13. The summed E-state index contributed by atoms with van der Waals surface area (Å²) in [6, 6.07) is 4.29. The lowest BCUT2D eigenvalue weighted by molar-refractivity contribution is -0.113. The first-order valence-electron chi connectivity index (χ1n) is 4.10. The minimum Gasteiger partial charge on any atom is -0.478 e. The number of rotatable bonds is 3. The Bertz CT molecular complexity index is 438. The van der Waals surface area contributed by atoms with E-state index in [1.165, 1.54) is 18.2 Å². The molecule has 0 atom stereocenters. The molecule has 1 aromatic carbocycles. The highest BCUT2D eigenvalue weighted by Crippen LogP contribution is 2.13. The number of carboxylic acid groups (broad SMARTS) is 1. The molecular weight excluding hydrogens is 196 g/mol. The Kier molecular flexibility index (Phi) is 3.07. The summed E-state index contributed by atoms with van der Waals surface area (Å²) >= 11 is 0. The van der Waals surface area contributed by atoms with E-state index in [1.54, 1.807) is 6.07 Å². The molecule has 0 spiro atoms. The number of nitrogen functional groups attached to an aromatic ring is 1. The van der Waals surface area contributed by atoms with Gasteiger partial charge in [-0.05, 0) is 29.8 Å². The number of carbonyl (C=O) groups excluding carboxylic acids is 1. The van der Waals surface area contributed by atoms with Crippen LogP contribution < -0.4 is 11.5 Å². The number of amides is 1. The van der Waals surface area contributed by atoms with Crippen LogP contribution in [0, 0.1) is 0 Å². The van der Waals surface area contributed by atoms with Gasteiger partial charge in [0, 0.05) is 11.8 Å². The fourth-order valence-corrected chi connectivity index (χ4v) is 1.07. The van der Waals surface area contributed by atoms with Crippen LogP contribution in [0.3, 0.4) is 0 Å². The van der Waals surface area contributed by atoms with Crippen LogP contribution in [0.5, 0.6) is 0 Å². The number of carbonyl (C=O) groups is 2. The SMILES string of the molecule is NC(=O)C=Cc1cc(N)cc(C(=O)O)c1. The lowest BCUT2D eigenvalue weighted by Crippen LogP contribution is -2.05. The average molecular weight is 206 g/mol. The zero-order valence-corrected chi connectivity index (χ0v) is 7.81. The summed E-state index contributed by atoms with van der Waals surface area (Å²) in [4.78, 5) is 21.1. The van der Waals surface area contributed by atoms with Gasteiger partial charge in [0.2, 0.25) is 5.91 Å². The minimum absolute atomic E-state index is 0.0686. The number of aromatic carboxylic acids is 1. The highest BCUT2D eigenvalue weighted by atomic mass is 16.4. The van der Waals surface area contributed by atoms with Crippen molar-refractivity contribution in [3.8, 4) is 0 Å². The van der Waals surface area contributed by atoms with E-state index in [-0.39, 0.29) is 5.56 Å². The smallest absolute Gasteiger partial charge is 0.335 e. The zero-order chi connectivity index (χ0) is 11.4. The van der Waals surface area contributed by atoms with Crippen molar-refractivity contribution in [3.05, 3.63) is 35.4 Å². The van der Waals surface area contributed by atoms with Crippen LogP contribution in [0.4, 0.5) is 5.69 Å². The van der Waals surface area contributed by atoms with Crippen molar-refractivity contribution < 1.29 is 14.7 Å². The maximum absolute atomic E-state index is 10.7. The normalized spacial score (nSPS) is 10.4. The van der Waals surface area contributed by atoms with E-state index >= 15 is 0 Å². The molecule has 0 saturated heterocycles. The van der Waals surface area contributed by atoms with Gasteiger partial charge in [-0.2, -0.15) is 0 Å². The molecule has 0 aliphatic rings. The zero-order valence-electron chi connectivity index (χ0n) is 7.81. The van der Waals surface area contributed by atoms with E-state index in [0.29, 0.717) is 11.3 Å².